The molecule has 0 unspecified atom stereocenters. The van der Waals surface area contributed by atoms with Crippen LogP contribution in [0.15, 0.2) is 23.8 Å². The summed E-state index contributed by atoms with van der Waals surface area (Å²) in [6.45, 7) is 4.83. The van der Waals surface area contributed by atoms with Crippen molar-refractivity contribution in [2.24, 2.45) is 0 Å². The molecule has 0 spiro atoms. The lowest BCUT2D eigenvalue weighted by molar-refractivity contribution is -0.142. The molecule has 0 radical (unpaired) electrons. The molecule has 0 aromatic carbocycles. The number of carbonyl (C=O) groups excluding carboxylic acids is 2. The van der Waals surface area contributed by atoms with Gasteiger partial charge in [0.25, 0.3) is 0 Å². The van der Waals surface area contributed by atoms with E-state index in [4.69, 9.17) is 4.74 Å². The van der Waals surface area contributed by atoms with Gasteiger partial charge in [-0.1, -0.05) is 50.3 Å². The fourth-order valence-corrected chi connectivity index (χ4v) is 4.80. The molecule has 0 aromatic rings. The van der Waals surface area contributed by atoms with Crippen LogP contribution in [0.4, 0.5) is 4.79 Å². The summed E-state index contributed by atoms with van der Waals surface area (Å²) in [6.07, 6.45) is 19.5. The van der Waals surface area contributed by atoms with Crippen LogP contribution >= 0.6 is 0 Å². The van der Waals surface area contributed by atoms with Crippen LogP contribution in [0.2, 0.25) is 0 Å². The molecule has 6 heteroatoms. The lowest BCUT2D eigenvalue weighted by Gasteiger charge is -2.40. The third-order valence-corrected chi connectivity index (χ3v) is 6.75. The zero-order valence-electron chi connectivity index (χ0n) is 19.2. The number of amides is 2. The lowest BCUT2D eigenvalue weighted by atomic mass is 9.94. The van der Waals surface area contributed by atoms with Crippen LogP contribution in [0.1, 0.15) is 77.0 Å². The van der Waals surface area contributed by atoms with Crippen molar-refractivity contribution in [3.63, 3.8) is 0 Å². The second-order valence-corrected chi connectivity index (χ2v) is 9.13. The largest absolute Gasteiger partial charge is 0.461 e. The number of hydrogen-bond acceptors (Lipinski definition) is 4. The molecule has 3 aliphatic rings. The standard InChI is InChI=1S/C25H41N3O3/c29-24(31-21-22-11-5-3-6-12-22)15-9-1-2-10-16-26-25(30)28-19-17-27(18-20-28)23-13-7-4-8-14-23/h5,11-12,23H,1-4,6-10,13-21H2,(H,26,30). The summed E-state index contributed by atoms with van der Waals surface area (Å²) in [5.74, 6) is -0.111. The van der Waals surface area contributed by atoms with Gasteiger partial charge in [-0.2, -0.15) is 0 Å². The molecule has 174 valence electrons. The Balaban J connectivity index is 1.15. The van der Waals surface area contributed by atoms with E-state index in [0.717, 1.165) is 76.3 Å². The highest BCUT2D eigenvalue weighted by atomic mass is 16.5. The van der Waals surface area contributed by atoms with E-state index >= 15 is 0 Å². The van der Waals surface area contributed by atoms with Crippen molar-refractivity contribution in [1.29, 1.82) is 0 Å². The van der Waals surface area contributed by atoms with Gasteiger partial charge in [-0.05, 0) is 44.1 Å². The van der Waals surface area contributed by atoms with E-state index in [1.165, 1.54) is 32.1 Å². The molecule has 1 aliphatic heterocycles. The first-order chi connectivity index (χ1) is 15.2. The molecule has 2 aliphatic carbocycles. The Morgan fingerprint density at radius 1 is 0.968 bits per heavy atom. The van der Waals surface area contributed by atoms with Gasteiger partial charge >= 0.3 is 12.0 Å². The number of ether oxygens (including phenoxy) is 1. The Morgan fingerprint density at radius 3 is 2.48 bits per heavy atom. The van der Waals surface area contributed by atoms with Gasteiger partial charge in [0.2, 0.25) is 0 Å². The molecular formula is C25H41N3O3. The molecule has 1 heterocycles. The highest BCUT2D eigenvalue weighted by Crippen LogP contribution is 2.23. The van der Waals surface area contributed by atoms with Crippen LogP contribution in [0.25, 0.3) is 0 Å². The van der Waals surface area contributed by atoms with Crippen molar-refractivity contribution >= 4 is 12.0 Å². The quantitative estimate of drug-likeness (QED) is 0.411. The zero-order chi connectivity index (χ0) is 21.7. The topological polar surface area (TPSA) is 61.9 Å². The Hall–Kier alpha value is -1.82. The van der Waals surface area contributed by atoms with Crippen LogP contribution in [0, 0.1) is 0 Å². The Morgan fingerprint density at radius 2 is 1.74 bits per heavy atom. The van der Waals surface area contributed by atoms with E-state index < -0.39 is 0 Å². The van der Waals surface area contributed by atoms with Gasteiger partial charge in [0.05, 0.1) is 0 Å². The van der Waals surface area contributed by atoms with Crippen molar-refractivity contribution in [3.05, 3.63) is 23.8 Å². The van der Waals surface area contributed by atoms with E-state index in [1.54, 1.807) is 0 Å². The maximum absolute atomic E-state index is 12.4. The van der Waals surface area contributed by atoms with Gasteiger partial charge < -0.3 is 15.0 Å². The second kappa shape index (κ2) is 13.6. The number of unbranched alkanes of at least 4 members (excludes halogenated alkanes) is 3. The molecule has 1 N–H and O–H groups in total. The van der Waals surface area contributed by atoms with Gasteiger partial charge in [-0.25, -0.2) is 4.79 Å². The molecule has 0 atom stereocenters. The van der Waals surface area contributed by atoms with E-state index in [9.17, 15) is 9.59 Å². The summed E-state index contributed by atoms with van der Waals surface area (Å²) in [6, 6.07) is 0.829. The summed E-state index contributed by atoms with van der Waals surface area (Å²) in [7, 11) is 0. The van der Waals surface area contributed by atoms with Crippen molar-refractivity contribution < 1.29 is 14.3 Å². The number of rotatable bonds is 10. The van der Waals surface area contributed by atoms with Crippen molar-refractivity contribution in [2.75, 3.05) is 39.3 Å². The minimum atomic E-state index is -0.111. The van der Waals surface area contributed by atoms with Gasteiger partial charge in [-0.15, -0.1) is 0 Å². The number of allylic oxidation sites excluding steroid dienone is 2. The summed E-state index contributed by atoms with van der Waals surface area (Å²) < 4.78 is 5.33. The molecule has 0 bridgehead atoms. The SMILES string of the molecule is O=C(CCCCCCNC(=O)N1CCN(C2CCCCC2)CC1)OCC1=CCCC=C1. The molecule has 2 amide bonds. The monoisotopic (exact) mass is 431 g/mol. The average Bonchev–Trinajstić information content (AvgIpc) is 2.83. The Kier molecular flexibility index (Phi) is 10.4. The van der Waals surface area contributed by atoms with Crippen molar-refractivity contribution in [2.45, 2.75) is 83.1 Å². The number of piperazine rings is 1. The van der Waals surface area contributed by atoms with E-state index in [0.29, 0.717) is 19.6 Å². The third-order valence-electron chi connectivity index (χ3n) is 6.75. The highest BCUT2D eigenvalue weighted by Gasteiger charge is 2.26. The number of carbonyl (C=O) groups is 2. The summed E-state index contributed by atoms with van der Waals surface area (Å²) in [4.78, 5) is 28.8. The normalized spacial score (nSPS) is 20.4. The number of nitrogens with zero attached hydrogens (tertiary/aromatic N) is 2. The smallest absolute Gasteiger partial charge is 0.317 e. The maximum Gasteiger partial charge on any atom is 0.317 e. The number of nitrogens with one attached hydrogen (secondary N) is 1. The van der Waals surface area contributed by atoms with Crippen LogP contribution in [-0.4, -0.2) is 67.2 Å². The molecule has 6 nitrogen and oxygen atoms in total. The summed E-state index contributed by atoms with van der Waals surface area (Å²) >= 11 is 0. The predicted molar refractivity (Wildman–Crippen MR) is 124 cm³/mol. The van der Waals surface area contributed by atoms with Crippen molar-refractivity contribution in [3.8, 4) is 0 Å². The number of esters is 1. The molecule has 1 saturated heterocycles. The molecule has 2 fully saturated rings. The third kappa shape index (κ3) is 8.68. The Bertz CT molecular complexity index is 618. The first-order valence-electron chi connectivity index (χ1n) is 12.5. The molecule has 3 rings (SSSR count). The first kappa shape index (κ1) is 23.8. The van der Waals surface area contributed by atoms with Crippen LogP contribution in [0.3, 0.4) is 0 Å². The predicted octanol–water partition coefficient (Wildman–Crippen LogP) is 4.42. The van der Waals surface area contributed by atoms with Crippen molar-refractivity contribution in [1.82, 2.24) is 15.1 Å². The van der Waals surface area contributed by atoms with Crippen LogP contribution in [-0.2, 0) is 9.53 Å². The molecule has 0 aromatic heterocycles. The fourth-order valence-electron chi connectivity index (χ4n) is 4.80. The lowest BCUT2D eigenvalue weighted by Crippen LogP contribution is -2.54. The first-order valence-corrected chi connectivity index (χ1v) is 12.5. The van der Waals surface area contributed by atoms with E-state index in [2.05, 4.69) is 22.4 Å². The average molecular weight is 432 g/mol. The highest BCUT2D eigenvalue weighted by molar-refractivity contribution is 5.74. The Labute approximate surface area is 188 Å². The van der Waals surface area contributed by atoms with E-state index in [-0.39, 0.29) is 12.0 Å². The van der Waals surface area contributed by atoms with Crippen LogP contribution in [0.5, 0.6) is 0 Å². The number of hydrogen-bond donors (Lipinski definition) is 1. The van der Waals surface area contributed by atoms with E-state index in [1.807, 2.05) is 11.0 Å². The van der Waals surface area contributed by atoms with Gasteiger partial charge in [0, 0.05) is 45.2 Å². The molecule has 31 heavy (non-hydrogen) atoms. The summed E-state index contributed by atoms with van der Waals surface area (Å²) in [5.41, 5.74) is 1.10. The zero-order valence-corrected chi connectivity index (χ0v) is 19.2. The van der Waals surface area contributed by atoms with Gasteiger partial charge in [-0.3, -0.25) is 9.69 Å². The molecule has 1 saturated carbocycles. The minimum Gasteiger partial charge on any atom is -0.461 e. The fraction of sp³-hybridized carbons (Fsp3) is 0.760. The maximum atomic E-state index is 12.4. The minimum absolute atomic E-state index is 0.0814. The van der Waals surface area contributed by atoms with Gasteiger partial charge in [0.15, 0.2) is 0 Å². The number of urea groups is 1. The van der Waals surface area contributed by atoms with Crippen LogP contribution < -0.4 is 5.32 Å². The molecular weight excluding hydrogens is 390 g/mol. The summed E-state index contributed by atoms with van der Waals surface area (Å²) in [5, 5.41) is 3.07. The van der Waals surface area contributed by atoms with Gasteiger partial charge in [0.1, 0.15) is 6.61 Å². The second-order valence-electron chi connectivity index (χ2n) is 9.13.